The molecule has 0 unspecified atom stereocenters. The summed E-state index contributed by atoms with van der Waals surface area (Å²) in [4.78, 5) is 11.8. The third kappa shape index (κ3) is 5.80. The maximum Gasteiger partial charge on any atom is 0.277 e. The Hall–Kier alpha value is -1.09. The topological polar surface area (TPSA) is 102 Å². The number of amides is 1. The number of nitrogens with zero attached hydrogens (tertiary/aromatic N) is 2. The van der Waals surface area contributed by atoms with Gasteiger partial charge in [0.25, 0.3) is 5.22 Å². The lowest BCUT2D eigenvalue weighted by Crippen LogP contribution is -2.34. The fourth-order valence-electron chi connectivity index (χ4n) is 2.55. The molecular formula is C14H23N3O4S2. The Morgan fingerprint density at radius 3 is 2.74 bits per heavy atom. The van der Waals surface area contributed by atoms with Crippen LogP contribution in [0.5, 0.6) is 0 Å². The highest BCUT2D eigenvalue weighted by Crippen LogP contribution is 2.23. The second-order valence-electron chi connectivity index (χ2n) is 5.80. The number of nitrogens with one attached hydrogen (secondary N) is 1. The van der Waals surface area contributed by atoms with Gasteiger partial charge in [0.05, 0.1) is 17.3 Å². The third-order valence-corrected chi connectivity index (χ3v) is 6.57. The standard InChI is InChI=1S/C14H23N3O4S2/c1-3-11(4-2)15-12(18)8-22-14-17-16-13(21-14)7-10-5-6-23(19,20)9-10/h10-11H,3-9H2,1-2H3,(H,15,18)/t10-/m1/s1. The average molecular weight is 361 g/mol. The molecule has 1 N–H and O–H groups in total. The molecule has 7 nitrogen and oxygen atoms in total. The zero-order valence-electron chi connectivity index (χ0n) is 13.4. The minimum atomic E-state index is -2.89. The van der Waals surface area contributed by atoms with Crippen LogP contribution < -0.4 is 5.32 Å². The molecule has 0 spiro atoms. The molecule has 23 heavy (non-hydrogen) atoms. The number of thioether (sulfide) groups is 1. The number of hydrogen-bond donors (Lipinski definition) is 1. The van der Waals surface area contributed by atoms with Gasteiger partial charge in [0.2, 0.25) is 11.8 Å². The van der Waals surface area contributed by atoms with E-state index in [4.69, 9.17) is 4.42 Å². The third-order valence-electron chi connectivity index (χ3n) is 3.92. The SMILES string of the molecule is CCC(CC)NC(=O)CSc1nnc(C[C@H]2CCS(=O)(=O)C2)o1. The van der Waals surface area contributed by atoms with Crippen LogP contribution in [-0.2, 0) is 21.1 Å². The normalized spacial score (nSPS) is 20.0. The Balaban J connectivity index is 1.77. The van der Waals surface area contributed by atoms with Crippen molar-refractivity contribution in [2.45, 2.75) is 50.8 Å². The van der Waals surface area contributed by atoms with Crippen molar-refractivity contribution in [1.82, 2.24) is 15.5 Å². The Kier molecular flexibility index (Phi) is 6.46. The molecule has 1 aromatic heterocycles. The summed E-state index contributed by atoms with van der Waals surface area (Å²) in [5.74, 6) is 1.10. The lowest BCUT2D eigenvalue weighted by Gasteiger charge is -2.13. The van der Waals surface area contributed by atoms with Crippen LogP contribution in [0.2, 0.25) is 0 Å². The van der Waals surface area contributed by atoms with E-state index in [-0.39, 0.29) is 35.1 Å². The van der Waals surface area contributed by atoms with Gasteiger partial charge in [0, 0.05) is 12.5 Å². The van der Waals surface area contributed by atoms with Crippen LogP contribution in [0.25, 0.3) is 0 Å². The molecule has 130 valence electrons. The van der Waals surface area contributed by atoms with E-state index >= 15 is 0 Å². The zero-order valence-corrected chi connectivity index (χ0v) is 15.1. The van der Waals surface area contributed by atoms with Crippen LogP contribution in [0.3, 0.4) is 0 Å². The number of hydrogen-bond acceptors (Lipinski definition) is 7. The van der Waals surface area contributed by atoms with E-state index in [1.54, 1.807) is 0 Å². The zero-order chi connectivity index (χ0) is 16.9. The maximum absolute atomic E-state index is 11.8. The first-order chi connectivity index (χ1) is 10.9. The number of sulfone groups is 1. The summed E-state index contributed by atoms with van der Waals surface area (Å²) in [6.45, 7) is 4.07. The van der Waals surface area contributed by atoms with Gasteiger partial charge in [-0.25, -0.2) is 8.42 Å². The van der Waals surface area contributed by atoms with Gasteiger partial charge < -0.3 is 9.73 Å². The molecule has 0 saturated carbocycles. The van der Waals surface area contributed by atoms with Crippen molar-refractivity contribution in [3.8, 4) is 0 Å². The van der Waals surface area contributed by atoms with Gasteiger partial charge in [-0.05, 0) is 25.2 Å². The Labute approximate surface area is 140 Å². The molecule has 0 radical (unpaired) electrons. The molecule has 2 rings (SSSR count). The number of rotatable bonds is 8. The first kappa shape index (κ1) is 18.3. The molecule has 1 saturated heterocycles. The summed E-state index contributed by atoms with van der Waals surface area (Å²) >= 11 is 1.20. The Morgan fingerprint density at radius 1 is 1.39 bits per heavy atom. The van der Waals surface area contributed by atoms with Crippen LogP contribution in [0.1, 0.15) is 39.0 Å². The molecular weight excluding hydrogens is 338 g/mol. The van der Waals surface area contributed by atoms with Gasteiger partial charge in [0.1, 0.15) is 0 Å². The number of aromatic nitrogens is 2. The molecule has 1 aromatic rings. The molecule has 1 atom stereocenters. The van der Waals surface area contributed by atoms with E-state index in [1.165, 1.54) is 11.8 Å². The highest BCUT2D eigenvalue weighted by Gasteiger charge is 2.29. The molecule has 1 aliphatic heterocycles. The van der Waals surface area contributed by atoms with E-state index in [0.717, 1.165) is 12.8 Å². The lowest BCUT2D eigenvalue weighted by atomic mass is 10.1. The van der Waals surface area contributed by atoms with Crippen LogP contribution >= 0.6 is 11.8 Å². The molecule has 0 aromatic carbocycles. The van der Waals surface area contributed by atoms with Crippen molar-refractivity contribution in [2.75, 3.05) is 17.3 Å². The Bertz CT molecular complexity index is 626. The fourth-order valence-corrected chi connectivity index (χ4v) is 5.00. The van der Waals surface area contributed by atoms with E-state index in [9.17, 15) is 13.2 Å². The predicted molar refractivity (Wildman–Crippen MR) is 88.0 cm³/mol. The molecule has 2 heterocycles. The largest absolute Gasteiger partial charge is 0.416 e. The minimum absolute atomic E-state index is 0.0506. The lowest BCUT2D eigenvalue weighted by molar-refractivity contribution is -0.119. The molecule has 0 aliphatic carbocycles. The van der Waals surface area contributed by atoms with Crippen molar-refractivity contribution in [3.63, 3.8) is 0 Å². The molecule has 1 fully saturated rings. The highest BCUT2D eigenvalue weighted by atomic mass is 32.2. The van der Waals surface area contributed by atoms with E-state index in [2.05, 4.69) is 15.5 Å². The summed E-state index contributed by atoms with van der Waals surface area (Å²) in [7, 11) is -2.89. The molecule has 1 aliphatic rings. The quantitative estimate of drug-likeness (QED) is 0.699. The fraction of sp³-hybridized carbons (Fsp3) is 0.786. The second-order valence-corrected chi connectivity index (χ2v) is 8.96. The van der Waals surface area contributed by atoms with Crippen molar-refractivity contribution in [3.05, 3.63) is 5.89 Å². The number of carbonyl (C=O) groups is 1. The first-order valence-corrected chi connectivity index (χ1v) is 10.7. The van der Waals surface area contributed by atoms with Crippen molar-refractivity contribution in [1.29, 1.82) is 0 Å². The van der Waals surface area contributed by atoms with E-state index in [0.29, 0.717) is 24.0 Å². The Morgan fingerprint density at radius 2 is 2.13 bits per heavy atom. The predicted octanol–water partition coefficient (Wildman–Crippen LogP) is 1.44. The van der Waals surface area contributed by atoms with Crippen LogP contribution in [-0.4, -0.2) is 47.8 Å². The van der Waals surface area contributed by atoms with E-state index in [1.807, 2.05) is 13.8 Å². The smallest absolute Gasteiger partial charge is 0.277 e. The van der Waals surface area contributed by atoms with Gasteiger partial charge in [0.15, 0.2) is 9.84 Å². The van der Waals surface area contributed by atoms with Gasteiger partial charge >= 0.3 is 0 Å². The summed E-state index contributed by atoms with van der Waals surface area (Å²) in [5.41, 5.74) is 0. The van der Waals surface area contributed by atoms with Crippen LogP contribution in [0.4, 0.5) is 0 Å². The molecule has 1 amide bonds. The minimum Gasteiger partial charge on any atom is -0.416 e. The molecule has 0 bridgehead atoms. The summed E-state index contributed by atoms with van der Waals surface area (Å²) in [6, 6.07) is 0.200. The van der Waals surface area contributed by atoms with Gasteiger partial charge in [-0.3, -0.25) is 4.79 Å². The van der Waals surface area contributed by atoms with Gasteiger partial charge in [-0.2, -0.15) is 0 Å². The summed E-state index contributed by atoms with van der Waals surface area (Å²) < 4.78 is 28.4. The first-order valence-electron chi connectivity index (χ1n) is 7.86. The van der Waals surface area contributed by atoms with E-state index < -0.39 is 9.84 Å². The summed E-state index contributed by atoms with van der Waals surface area (Å²) in [5, 5.41) is 11.1. The molecule has 9 heteroatoms. The number of carbonyl (C=O) groups excluding carboxylic acids is 1. The monoisotopic (exact) mass is 361 g/mol. The second kappa shape index (κ2) is 8.14. The summed E-state index contributed by atoms with van der Waals surface area (Å²) in [6.07, 6.45) is 2.93. The maximum atomic E-state index is 11.8. The van der Waals surface area contributed by atoms with Crippen LogP contribution in [0.15, 0.2) is 9.64 Å². The average Bonchev–Trinajstić information content (AvgIpc) is 3.09. The highest BCUT2D eigenvalue weighted by molar-refractivity contribution is 7.99. The van der Waals surface area contributed by atoms with Gasteiger partial charge in [-0.1, -0.05) is 25.6 Å². The van der Waals surface area contributed by atoms with Crippen molar-refractivity contribution < 1.29 is 17.6 Å². The van der Waals surface area contributed by atoms with Crippen LogP contribution in [0, 0.1) is 5.92 Å². The van der Waals surface area contributed by atoms with Crippen molar-refractivity contribution >= 4 is 27.5 Å². The van der Waals surface area contributed by atoms with Crippen molar-refractivity contribution in [2.24, 2.45) is 5.92 Å². The van der Waals surface area contributed by atoms with Gasteiger partial charge in [-0.15, -0.1) is 10.2 Å².